The fourth-order valence-electron chi connectivity index (χ4n) is 2.73. The summed E-state index contributed by atoms with van der Waals surface area (Å²) >= 11 is 0. The Morgan fingerprint density at radius 1 is 1.07 bits per heavy atom. The summed E-state index contributed by atoms with van der Waals surface area (Å²) in [6, 6.07) is 16.5. The lowest BCUT2D eigenvalue weighted by molar-refractivity contribution is 0.815. The normalized spacial score (nSPS) is 11.0. The van der Waals surface area contributed by atoms with E-state index in [-0.39, 0.29) is 24.0 Å². The molecule has 3 rings (SSSR count). The molecule has 0 aliphatic heterocycles. The van der Waals surface area contributed by atoms with E-state index in [2.05, 4.69) is 64.1 Å². The summed E-state index contributed by atoms with van der Waals surface area (Å²) in [5.41, 5.74) is 4.50. The van der Waals surface area contributed by atoms with Crippen LogP contribution in [0.4, 0.5) is 0 Å². The maximum Gasteiger partial charge on any atom is 0.191 e. The highest BCUT2D eigenvalue weighted by molar-refractivity contribution is 14.0. The summed E-state index contributed by atoms with van der Waals surface area (Å²) in [7, 11) is 2.02. The van der Waals surface area contributed by atoms with Gasteiger partial charge in [0.25, 0.3) is 0 Å². The van der Waals surface area contributed by atoms with Crippen molar-refractivity contribution in [3.63, 3.8) is 0 Å². The molecule has 0 unspecified atom stereocenters. The van der Waals surface area contributed by atoms with Crippen LogP contribution in [0.2, 0.25) is 0 Å². The van der Waals surface area contributed by atoms with Gasteiger partial charge in [0.15, 0.2) is 5.96 Å². The summed E-state index contributed by atoms with van der Waals surface area (Å²) in [4.78, 5) is 9.08. The minimum atomic E-state index is 0. The van der Waals surface area contributed by atoms with Crippen molar-refractivity contribution >= 4 is 29.9 Å². The summed E-state index contributed by atoms with van der Waals surface area (Å²) in [5.74, 6) is 0.819. The van der Waals surface area contributed by atoms with Crippen LogP contribution in [0.3, 0.4) is 0 Å². The van der Waals surface area contributed by atoms with E-state index >= 15 is 0 Å². The summed E-state index contributed by atoms with van der Waals surface area (Å²) < 4.78 is 2.04. The molecule has 5 nitrogen and oxygen atoms in total. The van der Waals surface area contributed by atoms with Gasteiger partial charge in [-0.15, -0.1) is 24.0 Å². The van der Waals surface area contributed by atoms with Gasteiger partial charge in [-0.1, -0.05) is 24.3 Å². The van der Waals surface area contributed by atoms with E-state index in [1.165, 1.54) is 11.1 Å². The molecule has 0 amide bonds. The second-order valence-corrected chi connectivity index (χ2v) is 6.15. The van der Waals surface area contributed by atoms with Crippen LogP contribution in [-0.2, 0) is 20.1 Å². The molecule has 0 bridgehead atoms. The third-order valence-corrected chi connectivity index (χ3v) is 4.00. The lowest BCUT2D eigenvalue weighted by atomic mass is 10.1. The van der Waals surface area contributed by atoms with Crippen LogP contribution in [0, 0.1) is 0 Å². The Kier molecular flexibility index (Phi) is 8.32. The molecule has 3 aromatic rings. The van der Waals surface area contributed by atoms with Crippen molar-refractivity contribution in [2.75, 3.05) is 6.54 Å². The number of hydrogen-bond acceptors (Lipinski definition) is 2. The number of nitrogens with zero attached hydrogens (tertiary/aromatic N) is 3. The number of aliphatic imine (C=N–C) groups is 1. The van der Waals surface area contributed by atoms with Crippen molar-refractivity contribution < 1.29 is 0 Å². The van der Waals surface area contributed by atoms with Crippen molar-refractivity contribution in [2.45, 2.75) is 20.0 Å². The first kappa shape index (κ1) is 21.0. The van der Waals surface area contributed by atoms with E-state index in [4.69, 9.17) is 0 Å². The van der Waals surface area contributed by atoms with E-state index in [1.54, 1.807) is 0 Å². The Bertz CT molecular complexity index is 858. The van der Waals surface area contributed by atoms with Crippen LogP contribution in [0.15, 0.2) is 72.1 Å². The molecule has 0 fully saturated rings. The van der Waals surface area contributed by atoms with Crippen molar-refractivity contribution in [2.24, 2.45) is 12.0 Å². The number of aromatic nitrogens is 2. The van der Waals surface area contributed by atoms with Gasteiger partial charge in [-0.3, -0.25) is 4.98 Å². The maximum atomic E-state index is 4.66. The van der Waals surface area contributed by atoms with Crippen LogP contribution >= 0.6 is 24.0 Å². The summed E-state index contributed by atoms with van der Waals surface area (Å²) in [5, 5.41) is 6.70. The third kappa shape index (κ3) is 6.39. The fraction of sp³-hybridized carbons (Fsp3) is 0.238. The molecular weight excluding hydrogens is 449 g/mol. The zero-order chi connectivity index (χ0) is 18.2. The molecule has 2 aromatic heterocycles. The molecule has 0 aliphatic carbocycles. The largest absolute Gasteiger partial charge is 0.357 e. The second kappa shape index (κ2) is 10.7. The van der Waals surface area contributed by atoms with Gasteiger partial charge in [0.1, 0.15) is 0 Å². The van der Waals surface area contributed by atoms with Crippen molar-refractivity contribution in [3.05, 3.63) is 78.2 Å². The van der Waals surface area contributed by atoms with E-state index in [0.717, 1.165) is 23.8 Å². The van der Waals surface area contributed by atoms with E-state index in [1.807, 2.05) is 42.2 Å². The van der Waals surface area contributed by atoms with Gasteiger partial charge in [-0.05, 0) is 42.3 Å². The van der Waals surface area contributed by atoms with Crippen LogP contribution in [0.1, 0.15) is 18.1 Å². The van der Waals surface area contributed by atoms with Gasteiger partial charge in [0.05, 0.1) is 12.2 Å². The lowest BCUT2D eigenvalue weighted by Gasteiger charge is -2.12. The van der Waals surface area contributed by atoms with Gasteiger partial charge in [0, 0.05) is 44.3 Å². The van der Waals surface area contributed by atoms with Crippen LogP contribution < -0.4 is 10.6 Å². The number of pyridine rings is 1. The predicted molar refractivity (Wildman–Crippen MR) is 122 cm³/mol. The maximum absolute atomic E-state index is 4.66. The summed E-state index contributed by atoms with van der Waals surface area (Å²) in [6.45, 7) is 4.27. The monoisotopic (exact) mass is 475 g/mol. The third-order valence-electron chi connectivity index (χ3n) is 4.00. The predicted octanol–water partition coefficient (Wildman–Crippen LogP) is 3.96. The number of nitrogens with one attached hydrogen (secondary N) is 2. The Labute approximate surface area is 178 Å². The number of benzene rings is 1. The molecule has 0 radical (unpaired) electrons. The molecule has 1 aromatic carbocycles. The first-order chi connectivity index (χ1) is 12.7. The highest BCUT2D eigenvalue weighted by Crippen LogP contribution is 2.17. The lowest BCUT2D eigenvalue weighted by Crippen LogP contribution is -2.36. The molecule has 0 saturated carbocycles. The standard InChI is InChI=1S/C21H25N5.HI/c1-3-22-21(25-15-18-10-12-26(2)16-18)24-14-17-7-6-8-19(13-17)20-9-4-5-11-23-20;/h4-13,16H,3,14-15H2,1-2H3,(H2,22,24,25);1H. The molecule has 142 valence electrons. The molecule has 27 heavy (non-hydrogen) atoms. The van der Waals surface area contributed by atoms with E-state index in [9.17, 15) is 0 Å². The zero-order valence-electron chi connectivity index (χ0n) is 15.7. The van der Waals surface area contributed by atoms with Gasteiger partial charge >= 0.3 is 0 Å². The highest BCUT2D eigenvalue weighted by Gasteiger charge is 2.02. The Morgan fingerprint density at radius 3 is 2.67 bits per heavy atom. The first-order valence-corrected chi connectivity index (χ1v) is 8.88. The Balaban J connectivity index is 0.00000261. The first-order valence-electron chi connectivity index (χ1n) is 8.88. The van der Waals surface area contributed by atoms with Crippen molar-refractivity contribution in [1.82, 2.24) is 20.2 Å². The van der Waals surface area contributed by atoms with Crippen molar-refractivity contribution in [1.29, 1.82) is 0 Å². The second-order valence-electron chi connectivity index (χ2n) is 6.15. The molecular formula is C21H26IN5. The van der Waals surface area contributed by atoms with Gasteiger partial charge < -0.3 is 15.2 Å². The molecule has 0 spiro atoms. The molecule has 2 N–H and O–H groups in total. The SMILES string of the molecule is CCNC(=NCc1ccn(C)c1)NCc1cccc(-c2ccccn2)c1.I. The highest BCUT2D eigenvalue weighted by atomic mass is 127. The van der Waals surface area contributed by atoms with Gasteiger partial charge in [-0.25, -0.2) is 4.99 Å². The number of guanidine groups is 1. The Hall–Kier alpha value is -2.35. The molecule has 0 atom stereocenters. The minimum absolute atomic E-state index is 0. The number of aryl methyl sites for hydroxylation is 1. The fourth-order valence-corrected chi connectivity index (χ4v) is 2.73. The molecule has 6 heteroatoms. The van der Waals surface area contributed by atoms with Crippen molar-refractivity contribution in [3.8, 4) is 11.3 Å². The van der Waals surface area contributed by atoms with Gasteiger partial charge in [0.2, 0.25) is 0 Å². The average Bonchev–Trinajstić information content (AvgIpc) is 3.10. The number of halogens is 1. The zero-order valence-corrected chi connectivity index (χ0v) is 18.1. The molecule has 2 heterocycles. The average molecular weight is 475 g/mol. The quantitative estimate of drug-likeness (QED) is 0.323. The minimum Gasteiger partial charge on any atom is -0.357 e. The van der Waals surface area contributed by atoms with Crippen LogP contribution in [0.5, 0.6) is 0 Å². The van der Waals surface area contributed by atoms with Crippen LogP contribution in [-0.4, -0.2) is 22.1 Å². The van der Waals surface area contributed by atoms with E-state index in [0.29, 0.717) is 13.1 Å². The van der Waals surface area contributed by atoms with Crippen LogP contribution in [0.25, 0.3) is 11.3 Å². The summed E-state index contributed by atoms with van der Waals surface area (Å²) in [6.07, 6.45) is 5.94. The smallest absolute Gasteiger partial charge is 0.191 e. The number of rotatable bonds is 6. The number of hydrogen-bond donors (Lipinski definition) is 2. The Morgan fingerprint density at radius 2 is 1.96 bits per heavy atom. The molecule has 0 saturated heterocycles. The topological polar surface area (TPSA) is 54.2 Å². The van der Waals surface area contributed by atoms with Gasteiger partial charge in [-0.2, -0.15) is 0 Å². The van der Waals surface area contributed by atoms with E-state index < -0.39 is 0 Å². The molecule has 0 aliphatic rings.